The van der Waals surface area contributed by atoms with Gasteiger partial charge in [-0.2, -0.15) is 4.98 Å². The topological polar surface area (TPSA) is 127 Å². The van der Waals surface area contributed by atoms with Crippen LogP contribution in [0.2, 0.25) is 0 Å². The molecule has 1 aliphatic heterocycles. The van der Waals surface area contributed by atoms with Gasteiger partial charge in [0.2, 0.25) is 5.12 Å². The number of amides is 2. The third-order valence-corrected chi connectivity index (χ3v) is 4.00. The number of oxazole rings is 1. The lowest BCUT2D eigenvalue weighted by atomic mass is 10.2. The largest absolute Gasteiger partial charge is 0.431 e. The number of hydrogen-bond acceptors (Lipinski definition) is 8. The Morgan fingerprint density at radius 3 is 2.83 bits per heavy atom. The highest BCUT2D eigenvalue weighted by Gasteiger charge is 2.28. The third-order valence-electron chi connectivity index (χ3n) is 2.99. The molecule has 0 aliphatic carbocycles. The number of carbonyl (C=O) groups is 3. The van der Waals surface area contributed by atoms with Crippen molar-refractivity contribution in [2.75, 3.05) is 11.1 Å². The molecule has 1 saturated heterocycles. The van der Waals surface area contributed by atoms with Crippen molar-refractivity contribution in [3.8, 4) is 0 Å². The van der Waals surface area contributed by atoms with Gasteiger partial charge in [0.25, 0.3) is 11.8 Å². The molecule has 9 nitrogen and oxygen atoms in total. The van der Waals surface area contributed by atoms with Gasteiger partial charge in [-0.15, -0.1) is 0 Å². The maximum atomic E-state index is 12.0. The maximum absolute atomic E-state index is 12.0. The van der Waals surface area contributed by atoms with Crippen molar-refractivity contribution < 1.29 is 18.8 Å². The lowest BCUT2D eigenvalue weighted by molar-refractivity contribution is -0.112. The summed E-state index contributed by atoms with van der Waals surface area (Å²) in [5, 5.41) is 4.87. The van der Waals surface area contributed by atoms with Crippen LogP contribution in [0.4, 0.5) is 6.01 Å². The lowest BCUT2D eigenvalue weighted by Crippen LogP contribution is -2.37. The van der Waals surface area contributed by atoms with Gasteiger partial charge < -0.3 is 9.73 Å². The van der Waals surface area contributed by atoms with Gasteiger partial charge in [0.1, 0.15) is 12.0 Å². The van der Waals surface area contributed by atoms with Crippen molar-refractivity contribution in [2.24, 2.45) is 0 Å². The zero-order chi connectivity index (χ0) is 16.2. The molecule has 2 N–H and O–H groups in total. The van der Waals surface area contributed by atoms with E-state index in [1.807, 2.05) is 0 Å². The third kappa shape index (κ3) is 3.54. The van der Waals surface area contributed by atoms with Crippen LogP contribution in [-0.4, -0.2) is 43.7 Å². The molecule has 0 aromatic carbocycles. The minimum Gasteiger partial charge on any atom is -0.431 e. The van der Waals surface area contributed by atoms with Gasteiger partial charge in [-0.05, 0) is 6.42 Å². The number of nitrogens with zero attached hydrogens (tertiary/aromatic N) is 3. The molecule has 3 heterocycles. The monoisotopic (exact) mass is 333 g/mol. The summed E-state index contributed by atoms with van der Waals surface area (Å²) in [7, 11) is 0. The fraction of sp³-hybridized carbons (Fsp3) is 0.231. The Balaban J connectivity index is 1.62. The Bertz CT molecular complexity index is 748. The van der Waals surface area contributed by atoms with Crippen LogP contribution in [-0.2, 0) is 4.79 Å². The van der Waals surface area contributed by atoms with Crippen molar-refractivity contribution in [3.63, 3.8) is 0 Å². The second kappa shape index (κ2) is 6.57. The predicted octanol–water partition coefficient (Wildman–Crippen LogP) is 0.479. The quantitative estimate of drug-likeness (QED) is 0.827. The molecule has 0 bridgehead atoms. The van der Waals surface area contributed by atoms with Gasteiger partial charge in [0.05, 0.1) is 12.2 Å². The SMILES string of the molecule is O=C(Nc1nc(C(=O)N[C@H]2CCSC2=O)co1)c1cnccn1. The van der Waals surface area contributed by atoms with Crippen LogP contribution in [0, 0.1) is 0 Å². The van der Waals surface area contributed by atoms with Crippen molar-refractivity contribution in [3.05, 3.63) is 36.2 Å². The van der Waals surface area contributed by atoms with Gasteiger partial charge >= 0.3 is 6.01 Å². The van der Waals surface area contributed by atoms with Crippen LogP contribution in [0.1, 0.15) is 27.4 Å². The fourth-order valence-electron chi connectivity index (χ4n) is 1.87. The van der Waals surface area contributed by atoms with E-state index in [-0.39, 0.29) is 22.5 Å². The van der Waals surface area contributed by atoms with E-state index in [0.717, 1.165) is 6.26 Å². The first-order valence-corrected chi connectivity index (χ1v) is 7.62. The molecule has 1 aliphatic rings. The minimum absolute atomic E-state index is 0.0239. The zero-order valence-corrected chi connectivity index (χ0v) is 12.5. The van der Waals surface area contributed by atoms with E-state index < -0.39 is 17.9 Å². The summed E-state index contributed by atoms with van der Waals surface area (Å²) in [5.74, 6) is -0.411. The fourth-order valence-corrected chi connectivity index (χ4v) is 2.80. The zero-order valence-electron chi connectivity index (χ0n) is 11.7. The Kier molecular flexibility index (Phi) is 4.33. The highest BCUT2D eigenvalue weighted by molar-refractivity contribution is 8.14. The van der Waals surface area contributed by atoms with Crippen LogP contribution < -0.4 is 10.6 Å². The second-order valence-corrected chi connectivity index (χ2v) is 5.66. The van der Waals surface area contributed by atoms with E-state index in [2.05, 4.69) is 25.6 Å². The highest BCUT2D eigenvalue weighted by atomic mass is 32.2. The molecule has 0 radical (unpaired) electrons. The summed E-state index contributed by atoms with van der Waals surface area (Å²) in [6, 6.07) is -0.653. The number of carbonyl (C=O) groups excluding carboxylic acids is 3. The first kappa shape index (κ1) is 15.2. The summed E-state index contributed by atoms with van der Waals surface area (Å²) in [6.45, 7) is 0. The molecule has 23 heavy (non-hydrogen) atoms. The summed E-state index contributed by atoms with van der Waals surface area (Å²) >= 11 is 1.19. The van der Waals surface area contributed by atoms with E-state index in [1.54, 1.807) is 0 Å². The number of anilines is 1. The average molecular weight is 333 g/mol. The van der Waals surface area contributed by atoms with Gasteiger partial charge in [-0.1, -0.05) is 11.8 Å². The molecule has 10 heteroatoms. The molecule has 0 unspecified atom stereocenters. The van der Waals surface area contributed by atoms with Crippen LogP contribution in [0.25, 0.3) is 0 Å². The molecule has 118 valence electrons. The van der Waals surface area contributed by atoms with Crippen molar-refractivity contribution >= 4 is 34.7 Å². The molecular weight excluding hydrogens is 322 g/mol. The molecule has 2 amide bonds. The van der Waals surface area contributed by atoms with Gasteiger partial charge in [0.15, 0.2) is 5.69 Å². The minimum atomic E-state index is -0.561. The average Bonchev–Trinajstić information content (AvgIpc) is 3.18. The van der Waals surface area contributed by atoms with Gasteiger partial charge in [0, 0.05) is 18.1 Å². The van der Waals surface area contributed by atoms with E-state index >= 15 is 0 Å². The summed E-state index contributed by atoms with van der Waals surface area (Å²) in [6.07, 6.45) is 5.79. The Labute approximate surface area is 134 Å². The smallest absolute Gasteiger partial charge is 0.302 e. The van der Waals surface area contributed by atoms with E-state index in [0.29, 0.717) is 12.2 Å². The summed E-state index contributed by atoms with van der Waals surface area (Å²) in [4.78, 5) is 46.8. The van der Waals surface area contributed by atoms with Crippen LogP contribution in [0.5, 0.6) is 0 Å². The predicted molar refractivity (Wildman–Crippen MR) is 79.8 cm³/mol. The van der Waals surface area contributed by atoms with Crippen LogP contribution in [0.3, 0.4) is 0 Å². The first-order chi connectivity index (χ1) is 11.1. The Morgan fingerprint density at radius 2 is 2.13 bits per heavy atom. The summed E-state index contributed by atoms with van der Waals surface area (Å²) < 4.78 is 5.03. The number of hydrogen-bond donors (Lipinski definition) is 2. The van der Waals surface area contributed by atoms with E-state index in [1.165, 1.54) is 30.4 Å². The normalized spacial score (nSPS) is 17.0. The van der Waals surface area contributed by atoms with Crippen molar-refractivity contribution in [2.45, 2.75) is 12.5 Å². The molecule has 0 spiro atoms. The number of rotatable bonds is 4. The number of thioether (sulfide) groups is 1. The first-order valence-electron chi connectivity index (χ1n) is 6.64. The standard InChI is InChI=1S/C13H11N5O4S/c19-10(8-5-14-2-3-15-8)18-13-17-9(6-22-13)11(20)16-7-1-4-23-12(7)21/h2-3,5-7H,1,4H2,(H,16,20)(H,17,18,19)/t7-/m0/s1. The number of aromatic nitrogens is 3. The molecule has 2 aromatic heterocycles. The maximum Gasteiger partial charge on any atom is 0.302 e. The Hall–Kier alpha value is -2.75. The van der Waals surface area contributed by atoms with E-state index in [9.17, 15) is 14.4 Å². The molecule has 2 aromatic rings. The molecule has 0 saturated carbocycles. The van der Waals surface area contributed by atoms with Crippen molar-refractivity contribution in [1.29, 1.82) is 0 Å². The number of nitrogens with one attached hydrogen (secondary N) is 2. The molecule has 3 rings (SSSR count). The van der Waals surface area contributed by atoms with Crippen LogP contribution in [0.15, 0.2) is 29.3 Å². The van der Waals surface area contributed by atoms with Crippen LogP contribution >= 0.6 is 11.8 Å². The lowest BCUT2D eigenvalue weighted by Gasteiger charge is -2.07. The molecule has 1 atom stereocenters. The Morgan fingerprint density at radius 1 is 1.26 bits per heavy atom. The van der Waals surface area contributed by atoms with E-state index in [4.69, 9.17) is 4.42 Å². The van der Waals surface area contributed by atoms with Gasteiger partial charge in [-0.3, -0.25) is 24.7 Å². The highest BCUT2D eigenvalue weighted by Crippen LogP contribution is 2.20. The molecular formula is C13H11N5O4S. The van der Waals surface area contributed by atoms with Gasteiger partial charge in [-0.25, -0.2) is 4.98 Å². The summed E-state index contributed by atoms with van der Waals surface area (Å²) in [5.41, 5.74) is 0.0643. The van der Waals surface area contributed by atoms with Crippen molar-refractivity contribution in [1.82, 2.24) is 20.3 Å². The second-order valence-electron chi connectivity index (χ2n) is 4.56. The molecule has 1 fully saturated rings.